The fourth-order valence-electron chi connectivity index (χ4n) is 4.58. The Labute approximate surface area is 182 Å². The standard InChI is InChI=1S/C26H27N3S/c1-17(29(4)16-24-18(2)21-8-5-6-9-23(21)30-24)10-11-20-14-22-25(27-15-20)28-19(3)26(22)12-7-13-26/h5-6,8-11,14-15H,1,3,7,12-13,16H2,2,4H3,(H,27,28)/b11-10+. The van der Waals surface area contributed by atoms with Crippen molar-refractivity contribution in [1.29, 1.82) is 0 Å². The zero-order chi connectivity index (χ0) is 20.9. The molecule has 1 aliphatic carbocycles. The Morgan fingerprint density at radius 2 is 2.13 bits per heavy atom. The number of hydrogen-bond acceptors (Lipinski definition) is 4. The Balaban J connectivity index is 1.32. The van der Waals surface area contributed by atoms with Gasteiger partial charge in [-0.25, -0.2) is 4.98 Å². The molecule has 0 unspecified atom stereocenters. The molecular weight excluding hydrogens is 386 g/mol. The van der Waals surface area contributed by atoms with Crippen LogP contribution in [0.25, 0.3) is 16.2 Å². The molecule has 3 nitrogen and oxygen atoms in total. The number of likely N-dealkylation sites (N-methyl/N-ethyl adjacent to an activating group) is 1. The van der Waals surface area contributed by atoms with Gasteiger partial charge in [-0.3, -0.25) is 0 Å². The van der Waals surface area contributed by atoms with Crippen molar-refractivity contribution in [2.75, 3.05) is 12.4 Å². The molecule has 1 N–H and O–H groups in total. The Morgan fingerprint density at radius 1 is 1.33 bits per heavy atom. The van der Waals surface area contributed by atoms with E-state index >= 15 is 0 Å². The predicted octanol–water partition coefficient (Wildman–Crippen LogP) is 6.62. The summed E-state index contributed by atoms with van der Waals surface area (Å²) in [6.07, 6.45) is 9.75. The number of anilines is 1. The summed E-state index contributed by atoms with van der Waals surface area (Å²) >= 11 is 1.87. The minimum atomic E-state index is 0.110. The number of pyridine rings is 1. The van der Waals surface area contributed by atoms with Crippen LogP contribution >= 0.6 is 11.3 Å². The van der Waals surface area contributed by atoms with Gasteiger partial charge in [-0.2, -0.15) is 0 Å². The minimum Gasteiger partial charge on any atom is -0.370 e. The lowest BCUT2D eigenvalue weighted by molar-refractivity contribution is 0.307. The van der Waals surface area contributed by atoms with E-state index in [2.05, 4.69) is 84.8 Å². The monoisotopic (exact) mass is 413 g/mol. The van der Waals surface area contributed by atoms with E-state index in [4.69, 9.17) is 0 Å². The second kappa shape index (κ2) is 7.13. The van der Waals surface area contributed by atoms with E-state index < -0.39 is 0 Å². The third-order valence-corrected chi connectivity index (χ3v) is 8.02. The van der Waals surface area contributed by atoms with E-state index in [1.54, 1.807) is 0 Å². The van der Waals surface area contributed by atoms with Crippen molar-refractivity contribution < 1.29 is 0 Å². The molecule has 0 atom stereocenters. The van der Waals surface area contributed by atoms with Crippen molar-refractivity contribution in [3.8, 4) is 0 Å². The smallest absolute Gasteiger partial charge is 0.134 e. The van der Waals surface area contributed by atoms with Gasteiger partial charge < -0.3 is 10.2 Å². The van der Waals surface area contributed by atoms with E-state index in [1.807, 2.05) is 17.5 Å². The summed E-state index contributed by atoms with van der Waals surface area (Å²) in [5.41, 5.74) is 6.01. The molecule has 2 aliphatic rings. The molecule has 0 saturated heterocycles. The molecule has 1 spiro atoms. The number of aryl methyl sites for hydroxylation is 1. The first-order valence-corrected chi connectivity index (χ1v) is 11.3. The van der Waals surface area contributed by atoms with Crippen LogP contribution in [0.15, 0.2) is 67.2 Å². The number of nitrogens with zero attached hydrogens (tertiary/aromatic N) is 2. The first-order valence-electron chi connectivity index (χ1n) is 10.5. The van der Waals surface area contributed by atoms with Gasteiger partial charge >= 0.3 is 0 Å². The molecule has 3 aromatic rings. The minimum absolute atomic E-state index is 0.110. The lowest BCUT2D eigenvalue weighted by atomic mass is 9.64. The number of fused-ring (bicyclic) bond motifs is 3. The Morgan fingerprint density at radius 3 is 2.87 bits per heavy atom. The van der Waals surface area contributed by atoms with Crippen LogP contribution in [0.2, 0.25) is 0 Å². The van der Waals surface area contributed by atoms with Crippen LogP contribution in [0, 0.1) is 6.92 Å². The molecule has 0 bridgehead atoms. The van der Waals surface area contributed by atoms with E-state index in [0.29, 0.717) is 0 Å². The maximum absolute atomic E-state index is 4.65. The molecule has 1 aliphatic heterocycles. The highest BCUT2D eigenvalue weighted by Gasteiger charge is 2.47. The van der Waals surface area contributed by atoms with E-state index in [-0.39, 0.29) is 5.41 Å². The number of benzene rings is 1. The number of rotatable bonds is 5. The van der Waals surface area contributed by atoms with Gasteiger partial charge in [-0.1, -0.05) is 43.9 Å². The average Bonchev–Trinajstić information content (AvgIpc) is 3.19. The molecule has 4 heteroatoms. The molecule has 152 valence electrons. The van der Waals surface area contributed by atoms with E-state index in [1.165, 1.54) is 45.4 Å². The van der Waals surface area contributed by atoms with Crippen molar-refractivity contribution >= 4 is 33.3 Å². The second-order valence-electron chi connectivity index (χ2n) is 8.53. The molecule has 2 aromatic heterocycles. The largest absolute Gasteiger partial charge is 0.370 e. The number of aromatic nitrogens is 1. The van der Waals surface area contributed by atoms with Crippen LogP contribution in [0.5, 0.6) is 0 Å². The van der Waals surface area contributed by atoms with Crippen LogP contribution in [-0.4, -0.2) is 16.9 Å². The quantitative estimate of drug-likeness (QED) is 0.476. The summed E-state index contributed by atoms with van der Waals surface area (Å²) in [7, 11) is 2.11. The third kappa shape index (κ3) is 2.98. The maximum Gasteiger partial charge on any atom is 0.134 e. The fraction of sp³-hybridized carbons (Fsp3) is 0.269. The lowest BCUT2D eigenvalue weighted by Crippen LogP contribution is -2.33. The van der Waals surface area contributed by atoms with Crippen LogP contribution in [0.4, 0.5) is 5.82 Å². The first-order chi connectivity index (χ1) is 14.5. The van der Waals surface area contributed by atoms with Gasteiger partial charge in [0.25, 0.3) is 0 Å². The Bertz CT molecular complexity index is 1200. The van der Waals surface area contributed by atoms with Crippen molar-refractivity contribution in [3.05, 3.63) is 88.7 Å². The molecule has 1 aromatic carbocycles. The molecule has 3 heterocycles. The number of hydrogen-bond donors (Lipinski definition) is 1. The van der Waals surface area contributed by atoms with Crippen LogP contribution in [0.3, 0.4) is 0 Å². The summed E-state index contributed by atoms with van der Waals surface area (Å²) in [5, 5.41) is 4.75. The molecule has 0 amide bonds. The van der Waals surface area contributed by atoms with Crippen molar-refractivity contribution in [3.63, 3.8) is 0 Å². The summed E-state index contributed by atoms with van der Waals surface area (Å²) in [6, 6.07) is 10.9. The van der Waals surface area contributed by atoms with Crippen molar-refractivity contribution in [2.45, 2.75) is 38.1 Å². The average molecular weight is 414 g/mol. The molecular formula is C26H27N3S. The van der Waals surface area contributed by atoms with Gasteiger partial charge in [0.1, 0.15) is 5.82 Å². The fourth-order valence-corrected chi connectivity index (χ4v) is 5.84. The molecule has 1 saturated carbocycles. The van der Waals surface area contributed by atoms with E-state index in [9.17, 15) is 0 Å². The highest BCUT2D eigenvalue weighted by molar-refractivity contribution is 7.19. The van der Waals surface area contributed by atoms with Crippen LogP contribution in [-0.2, 0) is 12.0 Å². The summed E-state index contributed by atoms with van der Waals surface area (Å²) in [6.45, 7) is 11.6. The predicted molar refractivity (Wildman–Crippen MR) is 129 cm³/mol. The number of thiophene rings is 1. The summed E-state index contributed by atoms with van der Waals surface area (Å²) < 4.78 is 1.35. The third-order valence-electron chi connectivity index (χ3n) is 6.76. The summed E-state index contributed by atoms with van der Waals surface area (Å²) in [4.78, 5) is 8.26. The van der Waals surface area contributed by atoms with Crippen LogP contribution in [0.1, 0.15) is 40.8 Å². The molecule has 0 radical (unpaired) electrons. The van der Waals surface area contributed by atoms with E-state index in [0.717, 1.165) is 29.3 Å². The number of allylic oxidation sites excluding steroid dienone is 2. The van der Waals surface area contributed by atoms with Crippen LogP contribution < -0.4 is 5.32 Å². The maximum atomic E-state index is 4.65. The highest BCUT2D eigenvalue weighted by atomic mass is 32.1. The van der Waals surface area contributed by atoms with Crippen molar-refractivity contribution in [2.24, 2.45) is 0 Å². The molecule has 1 fully saturated rings. The molecule has 30 heavy (non-hydrogen) atoms. The molecule has 5 rings (SSSR count). The topological polar surface area (TPSA) is 28.2 Å². The van der Waals surface area contributed by atoms with Gasteiger partial charge in [0.05, 0.1) is 6.54 Å². The highest BCUT2D eigenvalue weighted by Crippen LogP contribution is 2.54. The Hall–Kier alpha value is -2.85. The Kier molecular flexibility index (Phi) is 4.55. The van der Waals surface area contributed by atoms with Gasteiger partial charge in [-0.15, -0.1) is 11.3 Å². The normalized spacial score (nSPS) is 16.7. The number of nitrogens with one attached hydrogen (secondary N) is 1. The lowest BCUT2D eigenvalue weighted by Gasteiger charge is -2.39. The first kappa shape index (κ1) is 19.1. The zero-order valence-corrected chi connectivity index (χ0v) is 18.5. The van der Waals surface area contributed by atoms with Gasteiger partial charge in [0, 0.05) is 45.2 Å². The van der Waals surface area contributed by atoms with Gasteiger partial charge in [-0.05, 0) is 54.5 Å². The van der Waals surface area contributed by atoms with Gasteiger partial charge in [0.2, 0.25) is 0 Å². The zero-order valence-electron chi connectivity index (χ0n) is 17.7. The second-order valence-corrected chi connectivity index (χ2v) is 9.67. The SMILES string of the molecule is C=C(/C=C/c1cnc2c(c1)C1(CCC1)C(=C)N2)N(C)Cc1sc2ccccc2c1C. The van der Waals surface area contributed by atoms with Crippen molar-refractivity contribution in [1.82, 2.24) is 9.88 Å². The summed E-state index contributed by atoms with van der Waals surface area (Å²) in [5.74, 6) is 0.980. The van der Waals surface area contributed by atoms with Gasteiger partial charge in [0.15, 0.2) is 0 Å².